The van der Waals surface area contributed by atoms with E-state index in [0.29, 0.717) is 28.3 Å². The van der Waals surface area contributed by atoms with Gasteiger partial charge in [0.15, 0.2) is 5.76 Å². The summed E-state index contributed by atoms with van der Waals surface area (Å²) in [5, 5.41) is 3.44. The molecule has 1 heterocycles. The lowest BCUT2D eigenvalue weighted by Crippen LogP contribution is -2.24. The summed E-state index contributed by atoms with van der Waals surface area (Å²) >= 11 is 6.10. The number of rotatable bonds is 5. The first-order chi connectivity index (χ1) is 10.1. The van der Waals surface area contributed by atoms with Gasteiger partial charge in [0.25, 0.3) is 5.91 Å². The van der Waals surface area contributed by atoms with Crippen molar-refractivity contribution in [1.82, 2.24) is 5.32 Å². The zero-order valence-electron chi connectivity index (χ0n) is 11.7. The van der Waals surface area contributed by atoms with Gasteiger partial charge in [-0.2, -0.15) is 0 Å². The summed E-state index contributed by atoms with van der Waals surface area (Å²) < 4.78 is 11.2. The van der Waals surface area contributed by atoms with Crippen molar-refractivity contribution in [2.45, 2.75) is 32.4 Å². The minimum atomic E-state index is -0.169. The van der Waals surface area contributed by atoms with Crippen LogP contribution in [0.2, 0.25) is 5.02 Å². The van der Waals surface area contributed by atoms with Crippen LogP contribution in [0.5, 0.6) is 5.75 Å². The van der Waals surface area contributed by atoms with Gasteiger partial charge in [-0.15, -0.1) is 0 Å². The number of nitrogens with one attached hydrogen (secondary N) is 1. The number of hydrogen-bond donors (Lipinski definition) is 1. The summed E-state index contributed by atoms with van der Waals surface area (Å²) in [7, 11) is 0. The van der Waals surface area contributed by atoms with Crippen LogP contribution < -0.4 is 10.1 Å². The van der Waals surface area contributed by atoms with Crippen LogP contribution in [0.15, 0.2) is 34.7 Å². The van der Waals surface area contributed by atoms with E-state index < -0.39 is 0 Å². The van der Waals surface area contributed by atoms with Crippen LogP contribution in [0.4, 0.5) is 0 Å². The molecule has 1 aromatic heterocycles. The van der Waals surface area contributed by atoms with Crippen LogP contribution in [0.25, 0.3) is 0 Å². The minimum Gasteiger partial charge on any atom is -0.484 e. The summed E-state index contributed by atoms with van der Waals surface area (Å²) in [6, 6.07) is 9.30. The van der Waals surface area contributed by atoms with Crippen LogP contribution in [0.3, 0.4) is 0 Å². The molecule has 4 nitrogen and oxygen atoms in total. The normalized spacial score (nSPS) is 14.0. The van der Waals surface area contributed by atoms with Crippen molar-refractivity contribution >= 4 is 17.5 Å². The summed E-state index contributed by atoms with van der Waals surface area (Å²) in [5.41, 5.74) is 0.959. The second kappa shape index (κ2) is 5.82. The van der Waals surface area contributed by atoms with Crippen molar-refractivity contribution in [2.75, 3.05) is 0 Å². The molecular weight excluding hydrogens is 290 g/mol. The first-order valence-corrected chi connectivity index (χ1v) is 7.29. The van der Waals surface area contributed by atoms with E-state index in [-0.39, 0.29) is 12.5 Å². The molecule has 0 radical (unpaired) electrons. The second-order valence-corrected chi connectivity index (χ2v) is 5.60. The van der Waals surface area contributed by atoms with Gasteiger partial charge in [0.1, 0.15) is 18.1 Å². The monoisotopic (exact) mass is 305 g/mol. The average molecular weight is 306 g/mol. The van der Waals surface area contributed by atoms with Gasteiger partial charge in [0.2, 0.25) is 0 Å². The molecule has 110 valence electrons. The van der Waals surface area contributed by atoms with Crippen molar-refractivity contribution < 1.29 is 13.9 Å². The Morgan fingerprint density at radius 3 is 2.90 bits per heavy atom. The topological polar surface area (TPSA) is 51.5 Å². The largest absolute Gasteiger partial charge is 0.484 e. The molecule has 2 aromatic rings. The molecule has 1 aromatic carbocycles. The Bertz CT molecular complexity index is 641. The number of carbonyl (C=O) groups excluding carboxylic acids is 1. The zero-order chi connectivity index (χ0) is 14.8. The van der Waals surface area contributed by atoms with E-state index in [1.54, 1.807) is 18.2 Å². The fraction of sp³-hybridized carbons (Fsp3) is 0.312. The molecule has 0 spiro atoms. The number of furan rings is 1. The summed E-state index contributed by atoms with van der Waals surface area (Å²) in [6.07, 6.45) is 2.10. The van der Waals surface area contributed by atoms with Crippen LogP contribution in [0, 0.1) is 6.92 Å². The lowest BCUT2D eigenvalue weighted by molar-refractivity contribution is 0.0919. The van der Waals surface area contributed by atoms with Crippen LogP contribution >= 0.6 is 11.6 Å². The quantitative estimate of drug-likeness (QED) is 0.916. The Hall–Kier alpha value is -1.94. The Balaban J connectivity index is 1.63. The van der Waals surface area contributed by atoms with Crippen molar-refractivity contribution in [2.24, 2.45) is 0 Å². The van der Waals surface area contributed by atoms with Gasteiger partial charge in [-0.05, 0) is 43.5 Å². The molecule has 3 rings (SSSR count). The Morgan fingerprint density at radius 2 is 2.19 bits per heavy atom. The van der Waals surface area contributed by atoms with Crippen molar-refractivity contribution in [3.63, 3.8) is 0 Å². The molecule has 1 fully saturated rings. The highest BCUT2D eigenvalue weighted by Crippen LogP contribution is 2.28. The third-order valence-electron chi connectivity index (χ3n) is 3.32. The summed E-state index contributed by atoms with van der Waals surface area (Å²) in [6.45, 7) is 2.17. The molecule has 0 unspecified atom stereocenters. The number of halogens is 1. The first kappa shape index (κ1) is 14.0. The number of hydrogen-bond acceptors (Lipinski definition) is 3. The van der Waals surface area contributed by atoms with Gasteiger partial charge in [-0.3, -0.25) is 4.79 Å². The molecule has 21 heavy (non-hydrogen) atoms. The first-order valence-electron chi connectivity index (χ1n) is 6.91. The highest BCUT2D eigenvalue weighted by molar-refractivity contribution is 6.32. The fourth-order valence-corrected chi connectivity index (χ4v) is 2.28. The molecule has 5 heteroatoms. The Kier molecular flexibility index (Phi) is 3.88. The van der Waals surface area contributed by atoms with Gasteiger partial charge in [0.05, 0.1) is 5.02 Å². The van der Waals surface area contributed by atoms with Gasteiger partial charge in [-0.25, -0.2) is 0 Å². The average Bonchev–Trinajstić information content (AvgIpc) is 3.13. The zero-order valence-corrected chi connectivity index (χ0v) is 12.4. The lowest BCUT2D eigenvalue weighted by atomic mass is 10.2. The van der Waals surface area contributed by atoms with Crippen molar-refractivity contribution in [3.05, 3.63) is 52.4 Å². The Labute approximate surface area is 128 Å². The van der Waals surface area contributed by atoms with E-state index in [2.05, 4.69) is 5.32 Å². The maximum atomic E-state index is 11.8. The number of carbonyl (C=O) groups is 1. The highest BCUT2D eigenvalue weighted by atomic mass is 35.5. The van der Waals surface area contributed by atoms with E-state index in [0.717, 1.165) is 18.4 Å². The SMILES string of the molecule is Cc1cccc(Cl)c1OCc1ccc(C(=O)NC2CC2)o1. The van der Waals surface area contributed by atoms with Gasteiger partial charge in [-0.1, -0.05) is 23.7 Å². The molecule has 1 saturated carbocycles. The second-order valence-electron chi connectivity index (χ2n) is 5.19. The van der Waals surface area contributed by atoms with Crippen LogP contribution in [-0.4, -0.2) is 11.9 Å². The smallest absolute Gasteiger partial charge is 0.287 e. The van der Waals surface area contributed by atoms with Crippen LogP contribution in [-0.2, 0) is 6.61 Å². The Morgan fingerprint density at radius 1 is 1.38 bits per heavy atom. The molecule has 1 aliphatic carbocycles. The molecule has 0 bridgehead atoms. The number of amides is 1. The predicted octanol–water partition coefficient (Wildman–Crippen LogP) is 3.71. The van der Waals surface area contributed by atoms with E-state index >= 15 is 0 Å². The molecule has 1 amide bonds. The van der Waals surface area contributed by atoms with Crippen molar-refractivity contribution in [1.29, 1.82) is 0 Å². The lowest BCUT2D eigenvalue weighted by Gasteiger charge is -2.09. The predicted molar refractivity (Wildman–Crippen MR) is 79.7 cm³/mol. The number of aryl methyl sites for hydroxylation is 1. The van der Waals surface area contributed by atoms with E-state index in [1.807, 2.05) is 19.1 Å². The molecule has 0 atom stereocenters. The van der Waals surface area contributed by atoms with E-state index in [9.17, 15) is 4.79 Å². The molecule has 0 saturated heterocycles. The van der Waals surface area contributed by atoms with E-state index in [4.69, 9.17) is 20.8 Å². The number of para-hydroxylation sites is 1. The molecule has 1 N–H and O–H groups in total. The fourth-order valence-electron chi connectivity index (χ4n) is 2.00. The third kappa shape index (κ3) is 3.39. The standard InChI is InChI=1S/C16H16ClNO3/c1-10-3-2-4-13(17)15(10)20-9-12-7-8-14(21-12)16(19)18-11-5-6-11/h2-4,7-8,11H,5-6,9H2,1H3,(H,18,19). The molecule has 0 aliphatic heterocycles. The summed E-state index contributed by atoms with van der Waals surface area (Å²) in [5.74, 6) is 1.38. The van der Waals surface area contributed by atoms with E-state index in [1.165, 1.54) is 0 Å². The minimum absolute atomic E-state index is 0.169. The number of benzene rings is 1. The van der Waals surface area contributed by atoms with Crippen molar-refractivity contribution in [3.8, 4) is 5.75 Å². The maximum absolute atomic E-state index is 11.8. The molecular formula is C16H16ClNO3. The third-order valence-corrected chi connectivity index (χ3v) is 3.62. The van der Waals surface area contributed by atoms with Gasteiger partial charge >= 0.3 is 0 Å². The van der Waals surface area contributed by atoms with Gasteiger partial charge in [0, 0.05) is 6.04 Å². The van der Waals surface area contributed by atoms with Gasteiger partial charge < -0.3 is 14.5 Å². The highest BCUT2D eigenvalue weighted by Gasteiger charge is 2.25. The summed E-state index contributed by atoms with van der Waals surface area (Å²) in [4.78, 5) is 11.8. The maximum Gasteiger partial charge on any atom is 0.287 e. The van der Waals surface area contributed by atoms with Crippen LogP contribution in [0.1, 0.15) is 34.7 Å². The number of ether oxygens (including phenoxy) is 1. The molecule has 1 aliphatic rings.